The van der Waals surface area contributed by atoms with E-state index in [0.717, 1.165) is 18.4 Å². The van der Waals surface area contributed by atoms with Gasteiger partial charge in [-0.15, -0.1) is 0 Å². The highest BCUT2D eigenvalue weighted by Gasteiger charge is 2.22. The fourth-order valence-electron chi connectivity index (χ4n) is 2.67. The molecule has 101 valence electrons. The van der Waals surface area contributed by atoms with Crippen LogP contribution in [0.2, 0.25) is 0 Å². The van der Waals surface area contributed by atoms with Gasteiger partial charge < -0.3 is 5.11 Å². The second-order valence-corrected chi connectivity index (χ2v) is 5.11. The van der Waals surface area contributed by atoms with Crippen LogP contribution in [0.3, 0.4) is 0 Å². The van der Waals surface area contributed by atoms with Crippen LogP contribution in [0.25, 0.3) is 11.1 Å². The summed E-state index contributed by atoms with van der Waals surface area (Å²) in [5.74, 6) is 0.201. The number of hydrogen-bond donors (Lipinski definition) is 1. The van der Waals surface area contributed by atoms with Gasteiger partial charge in [-0.2, -0.15) is 10.4 Å². The molecule has 0 atom stereocenters. The summed E-state index contributed by atoms with van der Waals surface area (Å²) in [4.78, 5) is 0. The third kappa shape index (κ3) is 2.27. The van der Waals surface area contributed by atoms with Crippen molar-refractivity contribution in [1.82, 2.24) is 9.78 Å². The smallest absolute Gasteiger partial charge is 0.217 e. The minimum atomic E-state index is 0.201. The number of nitrogens with zero attached hydrogens (tertiary/aromatic N) is 3. The maximum absolute atomic E-state index is 10.4. The van der Waals surface area contributed by atoms with E-state index in [0.29, 0.717) is 11.1 Å². The summed E-state index contributed by atoms with van der Waals surface area (Å²) >= 11 is 0. The Labute approximate surface area is 118 Å². The van der Waals surface area contributed by atoms with Crippen LogP contribution >= 0.6 is 0 Å². The van der Waals surface area contributed by atoms with Gasteiger partial charge in [-0.3, -0.25) is 0 Å². The van der Waals surface area contributed by atoms with Gasteiger partial charge in [0.25, 0.3) is 0 Å². The third-order valence-corrected chi connectivity index (χ3v) is 3.80. The van der Waals surface area contributed by atoms with Gasteiger partial charge in [0.15, 0.2) is 0 Å². The molecule has 4 nitrogen and oxygen atoms in total. The van der Waals surface area contributed by atoms with E-state index in [1.807, 2.05) is 12.1 Å². The molecule has 1 aliphatic rings. The van der Waals surface area contributed by atoms with Crippen molar-refractivity contribution in [3.8, 4) is 23.1 Å². The van der Waals surface area contributed by atoms with Gasteiger partial charge in [0, 0.05) is 0 Å². The minimum Gasteiger partial charge on any atom is -0.493 e. The van der Waals surface area contributed by atoms with Gasteiger partial charge in [0.2, 0.25) is 5.88 Å². The average Bonchev–Trinajstić information content (AvgIpc) is 2.90. The Bertz CT molecular complexity index is 631. The van der Waals surface area contributed by atoms with E-state index in [1.54, 1.807) is 23.0 Å². The Kier molecular flexibility index (Phi) is 3.42. The van der Waals surface area contributed by atoms with E-state index in [4.69, 9.17) is 5.26 Å². The van der Waals surface area contributed by atoms with Crippen LogP contribution in [0.15, 0.2) is 30.5 Å². The summed E-state index contributed by atoms with van der Waals surface area (Å²) in [7, 11) is 0. The Morgan fingerprint density at radius 3 is 2.45 bits per heavy atom. The lowest BCUT2D eigenvalue weighted by atomic mass is 9.95. The van der Waals surface area contributed by atoms with Crippen LogP contribution in [0.5, 0.6) is 5.88 Å². The highest BCUT2D eigenvalue weighted by atomic mass is 16.3. The quantitative estimate of drug-likeness (QED) is 0.905. The predicted octanol–water partition coefficient (Wildman–Crippen LogP) is 3.47. The molecule has 0 saturated heterocycles. The van der Waals surface area contributed by atoms with Crippen molar-refractivity contribution in [2.24, 2.45) is 0 Å². The Morgan fingerprint density at radius 1 is 1.10 bits per heavy atom. The van der Waals surface area contributed by atoms with Gasteiger partial charge >= 0.3 is 0 Å². The van der Waals surface area contributed by atoms with E-state index in [1.165, 1.54) is 25.3 Å². The van der Waals surface area contributed by atoms with Crippen molar-refractivity contribution < 1.29 is 5.11 Å². The van der Waals surface area contributed by atoms with E-state index in [9.17, 15) is 5.11 Å². The zero-order valence-corrected chi connectivity index (χ0v) is 11.2. The number of hydrogen-bond acceptors (Lipinski definition) is 3. The summed E-state index contributed by atoms with van der Waals surface area (Å²) in [6, 6.07) is 10.5. The van der Waals surface area contributed by atoms with Gasteiger partial charge in [-0.25, -0.2) is 4.68 Å². The molecular formula is C16H16N3O. The normalized spacial score (nSPS) is 15.9. The Hall–Kier alpha value is -2.28. The largest absolute Gasteiger partial charge is 0.493 e. The molecule has 0 unspecified atom stereocenters. The molecule has 1 aromatic heterocycles. The first-order valence-corrected chi connectivity index (χ1v) is 6.92. The SMILES string of the molecule is N#Cc1ccc(-c2cnn([C]3CCCCC3)c2O)cc1. The van der Waals surface area contributed by atoms with Crippen LogP contribution in [-0.2, 0) is 0 Å². The molecule has 4 heteroatoms. The Balaban J connectivity index is 1.90. The number of aromatic nitrogens is 2. The molecular weight excluding hydrogens is 250 g/mol. The molecule has 1 N–H and O–H groups in total. The first kappa shape index (κ1) is 12.7. The van der Waals surface area contributed by atoms with Gasteiger partial charge in [0.1, 0.15) is 0 Å². The van der Waals surface area contributed by atoms with Crippen molar-refractivity contribution in [2.75, 3.05) is 0 Å². The van der Waals surface area contributed by atoms with Gasteiger partial charge in [-0.05, 0) is 30.5 Å². The number of nitriles is 1. The molecule has 1 heterocycles. The zero-order chi connectivity index (χ0) is 13.9. The molecule has 0 aliphatic heterocycles. The van der Waals surface area contributed by atoms with Crippen LogP contribution in [0.1, 0.15) is 37.7 Å². The summed E-state index contributed by atoms with van der Waals surface area (Å²) in [5, 5.41) is 23.5. The van der Waals surface area contributed by atoms with Crippen molar-refractivity contribution in [3.05, 3.63) is 42.1 Å². The Morgan fingerprint density at radius 2 is 1.80 bits per heavy atom. The zero-order valence-electron chi connectivity index (χ0n) is 11.2. The lowest BCUT2D eigenvalue weighted by molar-refractivity contribution is 0.382. The monoisotopic (exact) mass is 266 g/mol. The predicted molar refractivity (Wildman–Crippen MR) is 75.8 cm³/mol. The maximum Gasteiger partial charge on any atom is 0.217 e. The number of benzene rings is 1. The second-order valence-electron chi connectivity index (χ2n) is 5.11. The lowest BCUT2D eigenvalue weighted by Crippen LogP contribution is -2.14. The van der Waals surface area contributed by atoms with Crippen molar-refractivity contribution in [1.29, 1.82) is 5.26 Å². The number of rotatable bonds is 2. The summed E-state index contributed by atoms with van der Waals surface area (Å²) in [6.45, 7) is 0. The van der Waals surface area contributed by atoms with E-state index >= 15 is 0 Å². The molecule has 0 bridgehead atoms. The molecule has 1 aliphatic carbocycles. The van der Waals surface area contributed by atoms with E-state index in [2.05, 4.69) is 11.2 Å². The van der Waals surface area contributed by atoms with Crippen LogP contribution < -0.4 is 0 Å². The van der Waals surface area contributed by atoms with Crippen molar-refractivity contribution in [2.45, 2.75) is 32.1 Å². The minimum absolute atomic E-state index is 0.201. The van der Waals surface area contributed by atoms with E-state index in [-0.39, 0.29) is 5.88 Å². The van der Waals surface area contributed by atoms with Crippen molar-refractivity contribution >= 4 is 0 Å². The lowest BCUT2D eigenvalue weighted by Gasteiger charge is -2.21. The average molecular weight is 266 g/mol. The molecule has 1 saturated carbocycles. The fourth-order valence-corrected chi connectivity index (χ4v) is 2.67. The highest BCUT2D eigenvalue weighted by molar-refractivity contribution is 5.68. The first-order valence-electron chi connectivity index (χ1n) is 6.92. The summed E-state index contributed by atoms with van der Waals surface area (Å²) in [6.07, 6.45) is 7.29. The summed E-state index contributed by atoms with van der Waals surface area (Å²) < 4.78 is 1.67. The third-order valence-electron chi connectivity index (χ3n) is 3.80. The standard InChI is InChI=1S/C16H16N3O/c17-10-12-6-8-13(9-7-12)15-11-18-19(16(15)20)14-4-2-1-3-5-14/h6-9,11,20H,1-5H2. The molecule has 1 fully saturated rings. The molecule has 0 spiro atoms. The molecule has 0 amide bonds. The molecule has 1 radical (unpaired) electrons. The molecule has 20 heavy (non-hydrogen) atoms. The summed E-state index contributed by atoms with van der Waals surface area (Å²) in [5.41, 5.74) is 2.21. The number of aromatic hydroxyl groups is 1. The topological polar surface area (TPSA) is 61.8 Å². The van der Waals surface area contributed by atoms with Gasteiger partial charge in [-0.1, -0.05) is 31.4 Å². The molecule has 3 rings (SSSR count). The van der Waals surface area contributed by atoms with Crippen LogP contribution in [0, 0.1) is 17.4 Å². The second kappa shape index (κ2) is 5.38. The van der Waals surface area contributed by atoms with Crippen LogP contribution in [-0.4, -0.2) is 14.9 Å². The fraction of sp³-hybridized carbons (Fsp3) is 0.312. The van der Waals surface area contributed by atoms with Crippen LogP contribution in [0.4, 0.5) is 0 Å². The molecule has 1 aromatic carbocycles. The van der Waals surface area contributed by atoms with E-state index < -0.39 is 0 Å². The van der Waals surface area contributed by atoms with Gasteiger partial charge in [0.05, 0.1) is 29.4 Å². The highest BCUT2D eigenvalue weighted by Crippen LogP contribution is 2.35. The first-order chi connectivity index (χ1) is 9.79. The molecule has 2 aromatic rings. The maximum atomic E-state index is 10.4. The van der Waals surface area contributed by atoms with Crippen molar-refractivity contribution in [3.63, 3.8) is 0 Å².